The number of H-pyrrole nitrogens is 1. The van der Waals surface area contributed by atoms with E-state index in [-0.39, 0.29) is 24.9 Å². The zero-order valence-corrected chi connectivity index (χ0v) is 23.7. The predicted molar refractivity (Wildman–Crippen MR) is 151 cm³/mol. The number of rotatable bonds is 4. The summed E-state index contributed by atoms with van der Waals surface area (Å²) in [5.41, 5.74) is 5.14. The fourth-order valence-electron chi connectivity index (χ4n) is 5.55. The van der Waals surface area contributed by atoms with E-state index >= 15 is 4.39 Å². The van der Waals surface area contributed by atoms with E-state index in [4.69, 9.17) is 4.74 Å². The molecule has 0 radical (unpaired) electrons. The Balaban J connectivity index is 1.48. The van der Waals surface area contributed by atoms with Gasteiger partial charge in [0.1, 0.15) is 5.52 Å². The van der Waals surface area contributed by atoms with Crippen LogP contribution in [0.15, 0.2) is 59.9 Å². The Morgan fingerprint density at radius 3 is 2.70 bits per heavy atom. The lowest BCUT2D eigenvalue weighted by atomic mass is 9.95. The van der Waals surface area contributed by atoms with Crippen LogP contribution >= 0.6 is 15.9 Å². The van der Waals surface area contributed by atoms with Gasteiger partial charge in [-0.05, 0) is 57.8 Å². The average Bonchev–Trinajstić information content (AvgIpc) is 3.57. The SMILES string of the molecule is C=CC(=O)N1CC(F)Oc2nn(-c3ccc(C(C)C)cc3)c3c2C(C1)N(C(=O)c1ccc(Br)c2nc[nH]c12)CC3. The number of aromatic amines is 1. The van der Waals surface area contributed by atoms with E-state index in [0.717, 1.165) is 21.9 Å². The number of benzene rings is 2. The molecule has 6 rings (SSSR count). The van der Waals surface area contributed by atoms with Crippen molar-refractivity contribution in [3.63, 3.8) is 0 Å². The predicted octanol–water partition coefficient (Wildman–Crippen LogP) is 5.08. The van der Waals surface area contributed by atoms with Crippen molar-refractivity contribution >= 4 is 38.8 Å². The van der Waals surface area contributed by atoms with Gasteiger partial charge in [-0.1, -0.05) is 32.6 Å². The highest BCUT2D eigenvalue weighted by atomic mass is 79.9. The maximum atomic E-state index is 15.1. The largest absolute Gasteiger partial charge is 0.440 e. The van der Waals surface area contributed by atoms with E-state index in [2.05, 4.69) is 63.6 Å². The lowest BCUT2D eigenvalue weighted by Crippen LogP contribution is -2.49. The second-order valence-electron chi connectivity index (χ2n) is 10.3. The second-order valence-corrected chi connectivity index (χ2v) is 11.1. The Kier molecular flexibility index (Phi) is 6.69. The minimum Gasteiger partial charge on any atom is -0.440 e. The van der Waals surface area contributed by atoms with E-state index in [9.17, 15) is 9.59 Å². The molecule has 0 saturated heterocycles. The summed E-state index contributed by atoms with van der Waals surface area (Å²) in [5.74, 6) is -0.171. The maximum absolute atomic E-state index is 15.1. The van der Waals surface area contributed by atoms with Crippen LogP contribution in [0, 0.1) is 0 Å². The molecule has 0 spiro atoms. The molecule has 206 valence electrons. The molecule has 0 bridgehead atoms. The van der Waals surface area contributed by atoms with Crippen LogP contribution in [0.5, 0.6) is 5.88 Å². The van der Waals surface area contributed by atoms with Crippen LogP contribution in [-0.4, -0.2) is 67.4 Å². The normalized spacial score (nSPS) is 18.7. The van der Waals surface area contributed by atoms with Gasteiger partial charge in [0.15, 0.2) is 0 Å². The van der Waals surface area contributed by atoms with Crippen molar-refractivity contribution in [3.05, 3.63) is 82.2 Å². The van der Waals surface area contributed by atoms with E-state index in [1.165, 1.54) is 10.5 Å². The summed E-state index contributed by atoms with van der Waals surface area (Å²) in [7, 11) is 0. The van der Waals surface area contributed by atoms with Crippen molar-refractivity contribution < 1.29 is 18.7 Å². The molecule has 2 aliphatic rings. The summed E-state index contributed by atoms with van der Waals surface area (Å²) in [6.45, 7) is 7.96. The molecule has 0 saturated carbocycles. The molecule has 2 atom stereocenters. The Labute approximate surface area is 238 Å². The third-order valence-corrected chi connectivity index (χ3v) is 8.24. The first-order chi connectivity index (χ1) is 19.3. The van der Waals surface area contributed by atoms with Gasteiger partial charge >= 0.3 is 0 Å². The lowest BCUT2D eigenvalue weighted by Gasteiger charge is -2.40. The van der Waals surface area contributed by atoms with Gasteiger partial charge in [0.2, 0.25) is 11.8 Å². The fraction of sp³-hybridized carbons (Fsp3) is 0.310. The van der Waals surface area contributed by atoms with Gasteiger partial charge in [-0.15, -0.1) is 5.10 Å². The highest BCUT2D eigenvalue weighted by Crippen LogP contribution is 2.41. The maximum Gasteiger partial charge on any atom is 0.257 e. The van der Waals surface area contributed by atoms with Gasteiger partial charge < -0.3 is 19.5 Å². The molecule has 1 N–H and O–H groups in total. The van der Waals surface area contributed by atoms with E-state index in [1.54, 1.807) is 28.0 Å². The number of alkyl halides is 1. The summed E-state index contributed by atoms with van der Waals surface area (Å²) < 4.78 is 23.3. The second kappa shape index (κ2) is 10.2. The third kappa shape index (κ3) is 4.38. The molecule has 2 aromatic heterocycles. The molecule has 0 fully saturated rings. The van der Waals surface area contributed by atoms with Gasteiger partial charge in [-0.3, -0.25) is 9.59 Å². The van der Waals surface area contributed by atoms with Crippen molar-refractivity contribution in [1.29, 1.82) is 0 Å². The van der Waals surface area contributed by atoms with E-state index in [0.29, 0.717) is 41.0 Å². The summed E-state index contributed by atoms with van der Waals surface area (Å²) >= 11 is 3.49. The molecular formula is C29H28BrFN6O3. The number of aromatic nitrogens is 4. The number of amides is 2. The molecule has 2 aliphatic heterocycles. The lowest BCUT2D eigenvalue weighted by molar-refractivity contribution is -0.130. The van der Waals surface area contributed by atoms with Crippen molar-refractivity contribution in [1.82, 2.24) is 29.5 Å². The Bertz CT molecular complexity index is 1630. The topological polar surface area (TPSA) is 96.4 Å². The third-order valence-electron chi connectivity index (χ3n) is 7.60. The Hall–Kier alpha value is -3.99. The highest BCUT2D eigenvalue weighted by Gasteiger charge is 2.42. The molecule has 2 aromatic carbocycles. The molecule has 40 heavy (non-hydrogen) atoms. The number of carbonyl (C=O) groups excluding carboxylic acids is 2. The van der Waals surface area contributed by atoms with Crippen molar-refractivity contribution in [3.8, 4) is 11.6 Å². The number of halogens is 2. The molecule has 0 aliphatic carbocycles. The molecule has 11 heteroatoms. The van der Waals surface area contributed by atoms with Crippen LogP contribution < -0.4 is 4.74 Å². The molecule has 9 nitrogen and oxygen atoms in total. The fourth-order valence-corrected chi connectivity index (χ4v) is 5.98. The quantitative estimate of drug-likeness (QED) is 0.327. The van der Waals surface area contributed by atoms with Crippen molar-refractivity contribution in [2.24, 2.45) is 0 Å². The molecule has 2 unspecified atom stereocenters. The number of nitrogens with zero attached hydrogens (tertiary/aromatic N) is 5. The number of nitrogens with one attached hydrogen (secondary N) is 1. The monoisotopic (exact) mass is 606 g/mol. The molecule has 4 aromatic rings. The van der Waals surface area contributed by atoms with E-state index < -0.39 is 18.3 Å². The van der Waals surface area contributed by atoms with Crippen molar-refractivity contribution in [2.75, 3.05) is 19.6 Å². The van der Waals surface area contributed by atoms with Gasteiger partial charge in [0.25, 0.3) is 12.3 Å². The average molecular weight is 607 g/mol. The number of imidazole rings is 1. The Morgan fingerprint density at radius 2 is 1.98 bits per heavy atom. The minimum atomic E-state index is -1.79. The van der Waals surface area contributed by atoms with Gasteiger partial charge in [0.05, 0.1) is 46.9 Å². The molecule has 4 heterocycles. The number of fused-ring (bicyclic) bond motifs is 1. The first-order valence-electron chi connectivity index (χ1n) is 13.1. The van der Waals surface area contributed by atoms with Crippen LogP contribution in [0.1, 0.15) is 53.0 Å². The summed E-state index contributed by atoms with van der Waals surface area (Å²) in [6, 6.07) is 11.0. The van der Waals surface area contributed by atoms with Gasteiger partial charge in [-0.2, -0.15) is 4.39 Å². The van der Waals surface area contributed by atoms with E-state index in [1.807, 2.05) is 12.1 Å². The number of carbonyl (C=O) groups is 2. The van der Waals surface area contributed by atoms with Crippen LogP contribution in [0.25, 0.3) is 16.7 Å². The van der Waals surface area contributed by atoms with Crippen molar-refractivity contribution in [2.45, 2.75) is 38.6 Å². The van der Waals surface area contributed by atoms with Crippen LogP contribution in [0.3, 0.4) is 0 Å². The molecule has 2 amide bonds. The zero-order valence-electron chi connectivity index (χ0n) is 22.1. The minimum absolute atomic E-state index is 0.0704. The van der Waals surface area contributed by atoms with Gasteiger partial charge in [0, 0.05) is 24.0 Å². The van der Waals surface area contributed by atoms with Crippen LogP contribution in [0.4, 0.5) is 4.39 Å². The first-order valence-corrected chi connectivity index (χ1v) is 13.9. The first kappa shape index (κ1) is 26.2. The summed E-state index contributed by atoms with van der Waals surface area (Å²) in [6.07, 6.45) is 1.37. The molecular weight excluding hydrogens is 579 g/mol. The Morgan fingerprint density at radius 1 is 1.20 bits per heavy atom. The standard InChI is InChI=1S/C29H28BrFN6O3/c1-4-24(38)35-13-22-25-21(11-12-36(22)29(39)19-9-10-20(30)27-26(19)32-15-33-27)37(34-28(25)40-23(31)14-35)18-7-5-17(6-8-18)16(2)3/h4-10,15-16,22-23H,1,11-14H2,2-3H3,(H,32,33). The summed E-state index contributed by atoms with van der Waals surface area (Å²) in [5, 5.41) is 4.69. The zero-order chi connectivity index (χ0) is 28.1. The number of hydrogen-bond donors (Lipinski definition) is 1. The van der Waals surface area contributed by atoms with Crippen LogP contribution in [0.2, 0.25) is 0 Å². The summed E-state index contributed by atoms with van der Waals surface area (Å²) in [4.78, 5) is 37.3. The smallest absolute Gasteiger partial charge is 0.257 e. The highest BCUT2D eigenvalue weighted by molar-refractivity contribution is 9.10. The van der Waals surface area contributed by atoms with Gasteiger partial charge in [-0.25, -0.2) is 9.67 Å². The van der Waals surface area contributed by atoms with Crippen LogP contribution in [-0.2, 0) is 11.2 Å². The number of ether oxygens (including phenoxy) is 1. The number of hydrogen-bond acceptors (Lipinski definition) is 5.